The quantitative estimate of drug-likeness (QED) is 0.626. The average molecular weight is 427 g/mol. The van der Waals surface area contributed by atoms with Gasteiger partial charge in [0.25, 0.3) is 0 Å². The molecule has 1 aliphatic rings. The Morgan fingerprint density at radius 3 is 2.00 bits per heavy atom. The molecule has 0 aliphatic carbocycles. The van der Waals surface area contributed by atoms with Crippen LogP contribution in [0.4, 0.5) is 0 Å². The van der Waals surface area contributed by atoms with Gasteiger partial charge >= 0.3 is 11.9 Å². The van der Waals surface area contributed by atoms with Gasteiger partial charge in [-0.05, 0) is 24.3 Å². The van der Waals surface area contributed by atoms with E-state index in [9.17, 15) is 14.4 Å². The molecule has 0 N–H and O–H groups in total. The molecular formula is C23H25NO7. The Bertz CT molecular complexity index is 903. The van der Waals surface area contributed by atoms with Gasteiger partial charge in [0.05, 0.1) is 11.1 Å². The smallest absolute Gasteiger partial charge is 0.338 e. The molecule has 1 fully saturated rings. The van der Waals surface area contributed by atoms with E-state index in [1.165, 1.54) is 18.9 Å². The zero-order valence-electron chi connectivity index (χ0n) is 17.6. The lowest BCUT2D eigenvalue weighted by Crippen LogP contribution is -2.51. The Labute approximate surface area is 180 Å². The van der Waals surface area contributed by atoms with Gasteiger partial charge in [0, 0.05) is 21.1 Å². The second-order valence-corrected chi connectivity index (χ2v) is 7.10. The van der Waals surface area contributed by atoms with Gasteiger partial charge in [0.1, 0.15) is 18.8 Å². The lowest BCUT2D eigenvalue weighted by molar-refractivity contribution is -0.155. The Morgan fingerprint density at radius 2 is 1.48 bits per heavy atom. The first-order chi connectivity index (χ1) is 14.9. The highest BCUT2D eigenvalue weighted by atomic mass is 16.7. The largest absolute Gasteiger partial charge is 0.459 e. The monoisotopic (exact) mass is 427 g/mol. The second kappa shape index (κ2) is 10.2. The lowest BCUT2D eigenvalue weighted by atomic mass is 10.1. The fourth-order valence-electron chi connectivity index (χ4n) is 3.42. The summed E-state index contributed by atoms with van der Waals surface area (Å²) in [4.78, 5) is 38.5. The average Bonchev–Trinajstić information content (AvgIpc) is 3.14. The zero-order valence-corrected chi connectivity index (χ0v) is 17.6. The van der Waals surface area contributed by atoms with Crippen LogP contribution in [0.25, 0.3) is 0 Å². The fourth-order valence-corrected chi connectivity index (χ4v) is 3.42. The van der Waals surface area contributed by atoms with Crippen molar-refractivity contribution in [2.45, 2.75) is 31.5 Å². The van der Waals surface area contributed by atoms with E-state index in [1.807, 2.05) is 0 Å². The Hall–Kier alpha value is -3.23. The molecular weight excluding hydrogens is 402 g/mol. The maximum atomic E-state index is 12.6. The molecule has 1 heterocycles. The van der Waals surface area contributed by atoms with Gasteiger partial charge in [-0.15, -0.1) is 0 Å². The van der Waals surface area contributed by atoms with Crippen LogP contribution in [0, 0.1) is 0 Å². The maximum absolute atomic E-state index is 12.6. The van der Waals surface area contributed by atoms with Crippen LogP contribution in [0.1, 0.15) is 27.6 Å². The van der Waals surface area contributed by atoms with Crippen molar-refractivity contribution in [3.05, 3.63) is 71.8 Å². The first kappa shape index (κ1) is 22.5. The normalized spacial score (nSPS) is 22.5. The van der Waals surface area contributed by atoms with Crippen molar-refractivity contribution in [2.75, 3.05) is 20.8 Å². The minimum Gasteiger partial charge on any atom is -0.459 e. The number of amides is 1. The molecule has 4 atom stereocenters. The Kier molecular flexibility index (Phi) is 7.38. The van der Waals surface area contributed by atoms with E-state index < -0.39 is 36.5 Å². The number of hydrogen-bond donors (Lipinski definition) is 0. The number of esters is 2. The summed E-state index contributed by atoms with van der Waals surface area (Å²) in [5, 5.41) is 0. The molecule has 1 saturated heterocycles. The minimum atomic E-state index is -0.931. The van der Waals surface area contributed by atoms with Gasteiger partial charge in [-0.3, -0.25) is 4.79 Å². The third-order valence-electron chi connectivity index (χ3n) is 5.11. The van der Waals surface area contributed by atoms with E-state index in [2.05, 4.69) is 0 Å². The highest BCUT2D eigenvalue weighted by Crippen LogP contribution is 2.29. The number of methoxy groups -OCH3 is 1. The van der Waals surface area contributed by atoms with Crippen LogP contribution < -0.4 is 0 Å². The topological polar surface area (TPSA) is 91.4 Å². The van der Waals surface area contributed by atoms with E-state index in [0.29, 0.717) is 11.1 Å². The van der Waals surface area contributed by atoms with Crippen LogP contribution in [0.3, 0.4) is 0 Å². The fraction of sp³-hybridized carbons (Fsp3) is 0.348. The maximum Gasteiger partial charge on any atom is 0.338 e. The molecule has 0 saturated carbocycles. The van der Waals surface area contributed by atoms with Gasteiger partial charge in [-0.1, -0.05) is 36.4 Å². The van der Waals surface area contributed by atoms with Crippen LogP contribution in [0.15, 0.2) is 60.7 Å². The highest BCUT2D eigenvalue weighted by Gasteiger charge is 2.50. The van der Waals surface area contributed by atoms with Crippen molar-refractivity contribution in [2.24, 2.45) is 0 Å². The van der Waals surface area contributed by atoms with E-state index in [1.54, 1.807) is 67.7 Å². The molecule has 2 aromatic rings. The summed E-state index contributed by atoms with van der Waals surface area (Å²) >= 11 is 0. The van der Waals surface area contributed by atoms with E-state index >= 15 is 0 Å². The van der Waals surface area contributed by atoms with Crippen LogP contribution in [0.5, 0.6) is 0 Å². The molecule has 8 nitrogen and oxygen atoms in total. The molecule has 164 valence electrons. The SMILES string of the molecule is CO[C@H]1O[C@@H](COC(=O)c2ccccc2)[C@@H](N(C)C(C)=O)[C@H]1OC(=O)c1ccccc1. The summed E-state index contributed by atoms with van der Waals surface area (Å²) < 4.78 is 22.3. The van der Waals surface area contributed by atoms with Crippen molar-refractivity contribution >= 4 is 17.8 Å². The molecule has 1 aliphatic heterocycles. The van der Waals surface area contributed by atoms with Gasteiger partial charge in [0.2, 0.25) is 5.91 Å². The number of ether oxygens (including phenoxy) is 4. The number of rotatable bonds is 7. The standard InChI is InChI=1S/C23H25NO7/c1-15(25)24(2)19-18(14-29-21(26)16-10-6-4-7-11-16)30-23(28-3)20(19)31-22(27)17-12-8-5-9-13-17/h4-13,18-20,23H,14H2,1-3H3/t18-,19+,20+,23-/m0/s1. The predicted molar refractivity (Wildman–Crippen MR) is 110 cm³/mol. The molecule has 3 rings (SSSR count). The summed E-state index contributed by atoms with van der Waals surface area (Å²) in [7, 11) is 2.99. The molecule has 0 bridgehead atoms. The van der Waals surface area contributed by atoms with Gasteiger partial charge < -0.3 is 23.8 Å². The van der Waals surface area contributed by atoms with E-state index in [4.69, 9.17) is 18.9 Å². The zero-order chi connectivity index (χ0) is 22.4. The summed E-state index contributed by atoms with van der Waals surface area (Å²) in [6.07, 6.45) is -2.59. The number of nitrogens with zero attached hydrogens (tertiary/aromatic N) is 1. The molecule has 0 spiro atoms. The van der Waals surface area contributed by atoms with Crippen molar-refractivity contribution in [1.29, 1.82) is 0 Å². The van der Waals surface area contributed by atoms with Crippen LogP contribution in [0.2, 0.25) is 0 Å². The molecule has 0 unspecified atom stereocenters. The van der Waals surface area contributed by atoms with E-state index in [0.717, 1.165) is 0 Å². The molecule has 0 radical (unpaired) electrons. The first-order valence-electron chi connectivity index (χ1n) is 9.82. The molecule has 0 aromatic heterocycles. The van der Waals surface area contributed by atoms with Crippen LogP contribution in [-0.2, 0) is 23.7 Å². The molecule has 1 amide bonds. The van der Waals surface area contributed by atoms with Crippen LogP contribution >= 0.6 is 0 Å². The van der Waals surface area contributed by atoms with Crippen LogP contribution in [-0.4, -0.2) is 68.0 Å². The predicted octanol–water partition coefficient (Wildman–Crippen LogP) is 2.29. The lowest BCUT2D eigenvalue weighted by Gasteiger charge is -2.31. The van der Waals surface area contributed by atoms with E-state index in [-0.39, 0.29) is 12.5 Å². The van der Waals surface area contributed by atoms with Gasteiger partial charge in [-0.2, -0.15) is 0 Å². The number of hydrogen-bond acceptors (Lipinski definition) is 7. The highest BCUT2D eigenvalue weighted by molar-refractivity contribution is 5.90. The summed E-state index contributed by atoms with van der Waals surface area (Å²) in [6, 6.07) is 16.3. The van der Waals surface area contributed by atoms with Gasteiger partial charge in [-0.25, -0.2) is 9.59 Å². The van der Waals surface area contributed by atoms with Crippen molar-refractivity contribution in [3.8, 4) is 0 Å². The third-order valence-corrected chi connectivity index (χ3v) is 5.11. The van der Waals surface area contributed by atoms with Crippen molar-refractivity contribution < 1.29 is 33.3 Å². The number of benzene rings is 2. The number of carbonyl (C=O) groups is 3. The summed E-state index contributed by atoms with van der Waals surface area (Å²) in [6.45, 7) is 1.25. The number of carbonyl (C=O) groups excluding carboxylic acids is 3. The Morgan fingerprint density at radius 1 is 0.935 bits per heavy atom. The first-order valence-corrected chi connectivity index (χ1v) is 9.82. The number of likely N-dealkylation sites (N-methyl/N-ethyl adjacent to an activating group) is 1. The molecule has 8 heteroatoms. The summed E-state index contributed by atoms with van der Waals surface area (Å²) in [5.41, 5.74) is 0.757. The van der Waals surface area contributed by atoms with Gasteiger partial charge in [0.15, 0.2) is 12.4 Å². The third kappa shape index (κ3) is 5.28. The molecule has 31 heavy (non-hydrogen) atoms. The van der Waals surface area contributed by atoms with Crippen molar-refractivity contribution in [1.82, 2.24) is 4.90 Å². The Balaban J connectivity index is 1.77. The summed E-state index contributed by atoms with van der Waals surface area (Å²) in [5.74, 6) is -1.35. The van der Waals surface area contributed by atoms with Crippen molar-refractivity contribution in [3.63, 3.8) is 0 Å². The minimum absolute atomic E-state index is 0.144. The molecule has 2 aromatic carbocycles. The second-order valence-electron chi connectivity index (χ2n) is 7.10.